The minimum Gasteiger partial charge on any atom is -0.370 e. The van der Waals surface area contributed by atoms with Crippen LogP contribution < -0.4 is 20.9 Å². The van der Waals surface area contributed by atoms with Crippen molar-refractivity contribution >= 4 is 34.6 Å². The molecule has 4 aromatic rings. The Morgan fingerprint density at radius 1 is 1.02 bits per heavy atom. The molecule has 10 heteroatoms. The third kappa shape index (κ3) is 6.12. The molecule has 0 saturated heterocycles. The highest BCUT2D eigenvalue weighted by Gasteiger charge is 2.19. The van der Waals surface area contributed by atoms with E-state index in [0.29, 0.717) is 30.2 Å². The predicted octanol–water partition coefficient (Wildman–Crippen LogP) is 5.78. The highest BCUT2D eigenvalue weighted by Crippen LogP contribution is 2.33. The predicted molar refractivity (Wildman–Crippen MR) is 157 cm³/mol. The van der Waals surface area contributed by atoms with Gasteiger partial charge in [0.15, 0.2) is 11.6 Å². The van der Waals surface area contributed by atoms with Crippen molar-refractivity contribution in [3.05, 3.63) is 100 Å². The molecule has 206 valence electrons. The van der Waals surface area contributed by atoms with E-state index in [0.717, 1.165) is 57.5 Å². The molecule has 7 nitrogen and oxygen atoms in total. The Balaban J connectivity index is 1.26. The maximum Gasteiger partial charge on any atom is 0.255 e. The van der Waals surface area contributed by atoms with Crippen LogP contribution in [0.15, 0.2) is 71.9 Å². The summed E-state index contributed by atoms with van der Waals surface area (Å²) < 4.78 is 26.7. The molecule has 5 rings (SSSR count). The van der Waals surface area contributed by atoms with Gasteiger partial charge in [-0.15, -0.1) is 11.3 Å². The molecule has 0 bridgehead atoms. The fourth-order valence-electron chi connectivity index (χ4n) is 4.40. The van der Waals surface area contributed by atoms with E-state index in [9.17, 15) is 13.6 Å². The van der Waals surface area contributed by atoms with E-state index in [2.05, 4.69) is 63.1 Å². The van der Waals surface area contributed by atoms with Crippen molar-refractivity contribution in [3.63, 3.8) is 0 Å². The summed E-state index contributed by atoms with van der Waals surface area (Å²) in [6, 6.07) is 17.5. The lowest BCUT2D eigenvalue weighted by atomic mass is 10.0. The fraction of sp³-hybridized carbons (Fsp3) is 0.233. The molecule has 1 aliphatic rings. The quantitative estimate of drug-likeness (QED) is 0.242. The summed E-state index contributed by atoms with van der Waals surface area (Å²) in [4.78, 5) is 26.3. The van der Waals surface area contributed by atoms with Crippen molar-refractivity contribution in [1.29, 1.82) is 0 Å². The summed E-state index contributed by atoms with van der Waals surface area (Å²) in [6.45, 7) is 4.20. The summed E-state index contributed by atoms with van der Waals surface area (Å²) in [5.74, 6) is -0.858. The molecule has 0 saturated carbocycles. The van der Waals surface area contributed by atoms with Crippen LogP contribution in [-0.2, 0) is 13.1 Å². The summed E-state index contributed by atoms with van der Waals surface area (Å²) in [5, 5.41) is 9.47. The first-order chi connectivity index (χ1) is 19.4. The molecule has 0 unspecified atom stereocenters. The van der Waals surface area contributed by atoms with E-state index in [1.54, 1.807) is 29.7 Å². The second-order valence-electron chi connectivity index (χ2n) is 9.46. The summed E-state index contributed by atoms with van der Waals surface area (Å²) in [5.41, 5.74) is 4.20. The zero-order valence-corrected chi connectivity index (χ0v) is 23.1. The van der Waals surface area contributed by atoms with E-state index in [-0.39, 0.29) is 12.5 Å². The number of carbonyl (C=O) groups excluding carboxylic acids is 1. The monoisotopic (exact) mass is 560 g/mol. The number of hydrogen-bond donors (Lipinski definition) is 3. The fourth-order valence-corrected chi connectivity index (χ4v) is 5.34. The van der Waals surface area contributed by atoms with E-state index < -0.39 is 11.6 Å². The van der Waals surface area contributed by atoms with Gasteiger partial charge in [-0.05, 0) is 66.1 Å². The van der Waals surface area contributed by atoms with Crippen LogP contribution in [0.5, 0.6) is 0 Å². The Labute approximate surface area is 236 Å². The number of amidine groups is 1. The van der Waals surface area contributed by atoms with Crippen LogP contribution in [-0.4, -0.2) is 37.0 Å². The number of fused-ring (bicyclic) bond motifs is 1. The van der Waals surface area contributed by atoms with E-state index >= 15 is 0 Å². The second kappa shape index (κ2) is 12.3. The molecule has 3 heterocycles. The van der Waals surface area contributed by atoms with Gasteiger partial charge in [0, 0.05) is 47.3 Å². The van der Waals surface area contributed by atoms with E-state index in [1.807, 2.05) is 7.05 Å². The van der Waals surface area contributed by atoms with Crippen molar-refractivity contribution in [2.24, 2.45) is 4.99 Å². The SMILES string of the molecule is CCCNC1=NCN(C)c2ccc(-c3ccc(CNc4ncccc4C(=O)NCc4ccc(F)c(F)c4)s3)cc21. The Morgan fingerprint density at radius 3 is 2.73 bits per heavy atom. The van der Waals surface area contributed by atoms with Crippen LogP contribution in [0.25, 0.3) is 10.4 Å². The van der Waals surface area contributed by atoms with Gasteiger partial charge >= 0.3 is 0 Å². The lowest BCUT2D eigenvalue weighted by Gasteiger charge is -2.27. The van der Waals surface area contributed by atoms with Gasteiger partial charge in [-0.2, -0.15) is 0 Å². The lowest BCUT2D eigenvalue weighted by Crippen LogP contribution is -2.33. The first kappa shape index (κ1) is 27.3. The normalized spacial score (nSPS) is 12.5. The topological polar surface area (TPSA) is 81.7 Å². The first-order valence-corrected chi connectivity index (χ1v) is 13.9. The Hall–Kier alpha value is -4.31. The number of nitrogens with zero attached hydrogens (tertiary/aromatic N) is 3. The number of aliphatic imine (C=N–C) groups is 1. The Bertz CT molecular complexity index is 1550. The van der Waals surface area contributed by atoms with Crippen LogP contribution in [0.4, 0.5) is 20.3 Å². The number of carbonyl (C=O) groups is 1. The van der Waals surface area contributed by atoms with E-state index in [4.69, 9.17) is 4.99 Å². The molecule has 40 heavy (non-hydrogen) atoms. The van der Waals surface area contributed by atoms with Crippen molar-refractivity contribution < 1.29 is 13.6 Å². The number of thiophene rings is 1. The van der Waals surface area contributed by atoms with Gasteiger partial charge in [-0.25, -0.2) is 18.8 Å². The van der Waals surface area contributed by atoms with Crippen LogP contribution >= 0.6 is 11.3 Å². The highest BCUT2D eigenvalue weighted by molar-refractivity contribution is 7.15. The number of amides is 1. The number of benzene rings is 2. The highest BCUT2D eigenvalue weighted by atomic mass is 32.1. The van der Waals surface area contributed by atoms with Gasteiger partial charge in [0.2, 0.25) is 0 Å². The molecule has 0 atom stereocenters. The van der Waals surface area contributed by atoms with Crippen LogP contribution in [0.1, 0.15) is 39.7 Å². The minimum absolute atomic E-state index is 0.0651. The summed E-state index contributed by atoms with van der Waals surface area (Å²) in [7, 11) is 2.04. The lowest BCUT2D eigenvalue weighted by molar-refractivity contribution is 0.0951. The molecular weight excluding hydrogens is 530 g/mol. The van der Waals surface area contributed by atoms with Crippen LogP contribution in [0.2, 0.25) is 0 Å². The molecule has 0 fully saturated rings. The minimum atomic E-state index is -0.949. The summed E-state index contributed by atoms with van der Waals surface area (Å²) >= 11 is 1.67. The van der Waals surface area contributed by atoms with E-state index in [1.165, 1.54) is 6.07 Å². The van der Waals surface area contributed by atoms with Gasteiger partial charge in [-0.1, -0.05) is 19.1 Å². The molecule has 1 aliphatic heterocycles. The maximum atomic E-state index is 13.5. The molecule has 2 aromatic heterocycles. The summed E-state index contributed by atoms with van der Waals surface area (Å²) in [6.07, 6.45) is 2.64. The molecule has 3 N–H and O–H groups in total. The molecule has 1 amide bonds. The number of anilines is 2. The van der Waals surface area contributed by atoms with Gasteiger partial charge < -0.3 is 20.9 Å². The van der Waals surface area contributed by atoms with Crippen LogP contribution in [0, 0.1) is 11.6 Å². The number of pyridine rings is 1. The van der Waals surface area contributed by atoms with Gasteiger partial charge in [0.1, 0.15) is 18.3 Å². The number of halogens is 2. The zero-order valence-electron chi connectivity index (χ0n) is 22.3. The Kier molecular flexibility index (Phi) is 8.35. The molecular formula is C30H30F2N6OS. The Morgan fingerprint density at radius 2 is 1.90 bits per heavy atom. The molecule has 0 radical (unpaired) electrons. The van der Waals surface area contributed by atoms with Gasteiger partial charge in [0.05, 0.1) is 12.1 Å². The third-order valence-electron chi connectivity index (χ3n) is 6.51. The average molecular weight is 561 g/mol. The molecule has 0 spiro atoms. The largest absolute Gasteiger partial charge is 0.370 e. The first-order valence-electron chi connectivity index (χ1n) is 13.1. The van der Waals surface area contributed by atoms with Crippen molar-refractivity contribution in [3.8, 4) is 10.4 Å². The van der Waals surface area contributed by atoms with Crippen molar-refractivity contribution in [1.82, 2.24) is 15.6 Å². The number of rotatable bonds is 9. The van der Waals surface area contributed by atoms with Gasteiger partial charge in [0.25, 0.3) is 5.91 Å². The number of nitrogens with one attached hydrogen (secondary N) is 3. The average Bonchev–Trinajstić information content (AvgIpc) is 3.45. The van der Waals surface area contributed by atoms with Gasteiger partial charge in [-0.3, -0.25) is 4.79 Å². The molecule has 2 aromatic carbocycles. The molecule has 0 aliphatic carbocycles. The van der Waals surface area contributed by atoms with Crippen molar-refractivity contribution in [2.45, 2.75) is 26.4 Å². The smallest absolute Gasteiger partial charge is 0.255 e. The zero-order chi connectivity index (χ0) is 28.1. The van der Waals surface area contributed by atoms with Crippen LogP contribution in [0.3, 0.4) is 0 Å². The van der Waals surface area contributed by atoms with Crippen molar-refractivity contribution in [2.75, 3.05) is 30.5 Å². The standard InChI is InChI=1S/C30H30F2N6OS/c1-3-12-33-29-23-15-20(7-10-26(23)38(2)18-37-29)27-11-8-21(40-27)17-35-28-22(5-4-13-34-28)30(39)36-16-19-6-9-24(31)25(32)14-19/h4-11,13-15H,3,12,16-18H2,1-2H3,(H,33,37)(H,34,35)(H,36,39). The second-order valence-corrected chi connectivity index (χ2v) is 10.6. The maximum absolute atomic E-state index is 13.5. The number of hydrogen-bond acceptors (Lipinski definition) is 7. The number of aromatic nitrogens is 1. The third-order valence-corrected chi connectivity index (χ3v) is 7.65.